The largest absolute Gasteiger partial charge is 0.329 e. The molecule has 0 aliphatic carbocycles. The Kier molecular flexibility index (Phi) is 5.19. The van der Waals surface area contributed by atoms with Crippen molar-refractivity contribution >= 4 is 10.2 Å². The lowest BCUT2D eigenvalue weighted by molar-refractivity contribution is 0.434. The zero-order valence-corrected chi connectivity index (χ0v) is 11.0. The Labute approximate surface area is 93.0 Å². The Morgan fingerprint density at radius 3 is 2.00 bits per heavy atom. The SMILES string of the molecule is CC(C)C(CN)NS(=O)(=O)NC(C)(C)C. The molecule has 0 bridgehead atoms. The lowest BCUT2D eigenvalue weighted by Gasteiger charge is -2.25. The van der Waals surface area contributed by atoms with Crippen LogP contribution in [0, 0.1) is 5.92 Å². The maximum atomic E-state index is 11.6. The van der Waals surface area contributed by atoms with E-state index >= 15 is 0 Å². The molecular formula is C9H23N3O2S. The third-order valence-corrected chi connectivity index (χ3v) is 3.30. The molecule has 1 unspecified atom stereocenters. The first-order chi connectivity index (χ1) is 6.57. The predicted molar refractivity (Wildman–Crippen MR) is 62.6 cm³/mol. The van der Waals surface area contributed by atoms with Crippen molar-refractivity contribution < 1.29 is 8.42 Å². The fourth-order valence-corrected chi connectivity index (χ4v) is 2.72. The van der Waals surface area contributed by atoms with Gasteiger partial charge in [-0.05, 0) is 26.7 Å². The second-order valence-corrected chi connectivity index (χ2v) is 6.51. The van der Waals surface area contributed by atoms with E-state index in [2.05, 4.69) is 9.44 Å². The smallest absolute Gasteiger partial charge is 0.277 e. The van der Waals surface area contributed by atoms with E-state index in [9.17, 15) is 8.42 Å². The average Bonchev–Trinajstić information content (AvgIpc) is 1.94. The van der Waals surface area contributed by atoms with Gasteiger partial charge in [0.1, 0.15) is 0 Å². The molecular weight excluding hydrogens is 214 g/mol. The topological polar surface area (TPSA) is 84.2 Å². The average molecular weight is 237 g/mol. The number of nitrogens with two attached hydrogens (primary N) is 1. The second-order valence-electron chi connectivity index (χ2n) is 5.06. The van der Waals surface area contributed by atoms with Gasteiger partial charge < -0.3 is 5.73 Å². The standard InChI is InChI=1S/C9H23N3O2S/c1-7(2)8(6-10)11-15(13,14)12-9(3,4)5/h7-8,11-12H,6,10H2,1-5H3. The van der Waals surface area contributed by atoms with Gasteiger partial charge in [0, 0.05) is 18.1 Å². The molecule has 0 aromatic rings. The molecule has 0 aromatic carbocycles. The van der Waals surface area contributed by atoms with Crippen LogP contribution in [0.1, 0.15) is 34.6 Å². The quantitative estimate of drug-likeness (QED) is 0.638. The molecule has 0 rings (SSSR count). The van der Waals surface area contributed by atoms with E-state index in [1.807, 2.05) is 13.8 Å². The van der Waals surface area contributed by atoms with Gasteiger partial charge in [0.2, 0.25) is 0 Å². The Morgan fingerprint density at radius 2 is 1.73 bits per heavy atom. The van der Waals surface area contributed by atoms with Crippen molar-refractivity contribution in [3.8, 4) is 0 Å². The Bertz CT molecular complexity index is 280. The van der Waals surface area contributed by atoms with Crippen LogP contribution >= 0.6 is 0 Å². The summed E-state index contributed by atoms with van der Waals surface area (Å²) in [6, 6.07) is -0.232. The number of hydrogen-bond acceptors (Lipinski definition) is 3. The van der Waals surface area contributed by atoms with Crippen molar-refractivity contribution in [2.24, 2.45) is 11.7 Å². The molecule has 4 N–H and O–H groups in total. The van der Waals surface area contributed by atoms with Gasteiger partial charge in [-0.3, -0.25) is 0 Å². The van der Waals surface area contributed by atoms with E-state index in [1.165, 1.54) is 0 Å². The summed E-state index contributed by atoms with van der Waals surface area (Å²) in [7, 11) is -3.48. The minimum atomic E-state index is -3.48. The highest BCUT2D eigenvalue weighted by Crippen LogP contribution is 2.04. The lowest BCUT2D eigenvalue weighted by Crippen LogP contribution is -2.53. The highest BCUT2D eigenvalue weighted by Gasteiger charge is 2.23. The van der Waals surface area contributed by atoms with E-state index in [0.717, 1.165) is 0 Å². The first-order valence-corrected chi connectivity index (χ1v) is 6.57. The van der Waals surface area contributed by atoms with Gasteiger partial charge in [0.05, 0.1) is 0 Å². The molecule has 0 aliphatic rings. The first kappa shape index (κ1) is 14.8. The molecule has 0 heterocycles. The zero-order valence-electron chi connectivity index (χ0n) is 10.2. The maximum absolute atomic E-state index is 11.6. The molecule has 1 atom stereocenters. The molecule has 92 valence electrons. The maximum Gasteiger partial charge on any atom is 0.277 e. The molecule has 5 nitrogen and oxygen atoms in total. The molecule has 0 amide bonds. The van der Waals surface area contributed by atoms with Crippen LogP contribution in [0.4, 0.5) is 0 Å². The van der Waals surface area contributed by atoms with Gasteiger partial charge in [0.25, 0.3) is 10.2 Å². The van der Waals surface area contributed by atoms with Crippen LogP contribution in [0.2, 0.25) is 0 Å². The van der Waals surface area contributed by atoms with Gasteiger partial charge >= 0.3 is 0 Å². The summed E-state index contributed by atoms with van der Waals surface area (Å²) in [5.74, 6) is 0.173. The Balaban J connectivity index is 4.50. The third kappa shape index (κ3) is 6.83. The minimum Gasteiger partial charge on any atom is -0.329 e. The zero-order chi connectivity index (χ0) is 12.3. The fourth-order valence-electron chi connectivity index (χ4n) is 1.09. The summed E-state index contributed by atoms with van der Waals surface area (Å²) in [6.45, 7) is 9.52. The highest BCUT2D eigenvalue weighted by molar-refractivity contribution is 7.87. The third-order valence-electron chi connectivity index (χ3n) is 1.81. The summed E-state index contributed by atoms with van der Waals surface area (Å²) < 4.78 is 28.3. The van der Waals surface area contributed by atoms with Crippen LogP contribution in [0.5, 0.6) is 0 Å². The Morgan fingerprint density at radius 1 is 1.27 bits per heavy atom. The first-order valence-electron chi connectivity index (χ1n) is 5.08. The fraction of sp³-hybridized carbons (Fsp3) is 1.00. The van der Waals surface area contributed by atoms with E-state index in [0.29, 0.717) is 6.54 Å². The predicted octanol–water partition coefficient (Wildman–Crippen LogP) is 0.192. The van der Waals surface area contributed by atoms with Gasteiger partial charge in [-0.2, -0.15) is 17.9 Å². The van der Waals surface area contributed by atoms with Crippen LogP contribution in [0.15, 0.2) is 0 Å². The summed E-state index contributed by atoms with van der Waals surface area (Å²) in [5, 5.41) is 0. The van der Waals surface area contributed by atoms with Crippen LogP contribution in [0.25, 0.3) is 0 Å². The van der Waals surface area contributed by atoms with E-state index in [4.69, 9.17) is 5.73 Å². The second kappa shape index (κ2) is 5.25. The summed E-state index contributed by atoms with van der Waals surface area (Å²) in [4.78, 5) is 0. The van der Waals surface area contributed by atoms with E-state index in [1.54, 1.807) is 20.8 Å². The molecule has 0 radical (unpaired) electrons. The van der Waals surface area contributed by atoms with Crippen molar-refractivity contribution in [2.45, 2.75) is 46.2 Å². The molecule has 0 saturated carbocycles. The molecule has 6 heteroatoms. The normalized spacial score (nSPS) is 15.7. The number of hydrogen-bond donors (Lipinski definition) is 3. The van der Waals surface area contributed by atoms with Gasteiger partial charge in [-0.1, -0.05) is 13.8 Å². The molecule has 0 aliphatic heterocycles. The molecule has 0 fully saturated rings. The molecule has 0 spiro atoms. The monoisotopic (exact) mass is 237 g/mol. The molecule has 0 saturated heterocycles. The van der Waals surface area contributed by atoms with Crippen molar-refractivity contribution in [2.75, 3.05) is 6.54 Å². The van der Waals surface area contributed by atoms with Crippen LogP contribution < -0.4 is 15.2 Å². The summed E-state index contributed by atoms with van der Waals surface area (Å²) in [6.07, 6.45) is 0. The van der Waals surface area contributed by atoms with E-state index < -0.39 is 15.7 Å². The van der Waals surface area contributed by atoms with Gasteiger partial charge in [-0.25, -0.2) is 0 Å². The van der Waals surface area contributed by atoms with Crippen molar-refractivity contribution in [1.82, 2.24) is 9.44 Å². The summed E-state index contributed by atoms with van der Waals surface area (Å²) in [5.41, 5.74) is 5.01. The molecule has 0 aromatic heterocycles. The van der Waals surface area contributed by atoms with Crippen molar-refractivity contribution in [3.63, 3.8) is 0 Å². The van der Waals surface area contributed by atoms with Crippen LogP contribution in [-0.4, -0.2) is 26.5 Å². The van der Waals surface area contributed by atoms with Crippen molar-refractivity contribution in [3.05, 3.63) is 0 Å². The lowest BCUT2D eigenvalue weighted by atomic mass is 10.1. The minimum absolute atomic E-state index is 0.173. The van der Waals surface area contributed by atoms with Crippen LogP contribution in [0.3, 0.4) is 0 Å². The van der Waals surface area contributed by atoms with Gasteiger partial charge in [0.15, 0.2) is 0 Å². The Hall–Kier alpha value is -0.170. The van der Waals surface area contributed by atoms with Gasteiger partial charge in [-0.15, -0.1) is 0 Å². The highest BCUT2D eigenvalue weighted by atomic mass is 32.2. The van der Waals surface area contributed by atoms with E-state index in [-0.39, 0.29) is 12.0 Å². The summed E-state index contributed by atoms with van der Waals surface area (Å²) >= 11 is 0. The van der Waals surface area contributed by atoms with Crippen molar-refractivity contribution in [1.29, 1.82) is 0 Å². The number of nitrogens with one attached hydrogen (secondary N) is 2. The molecule has 15 heavy (non-hydrogen) atoms. The number of rotatable bonds is 5. The van der Waals surface area contributed by atoms with Crippen LogP contribution in [-0.2, 0) is 10.2 Å².